The highest BCUT2D eigenvalue weighted by Gasteiger charge is 2.44. The standard InChI is InChI=1S/C13H24N2O4/c1-4-13(11(16)17)6-7-15(9-13)12(18)14-8-10(3)19-5-2/h10H,4-9H2,1-3H3,(H,14,18)(H,16,17). The van der Waals surface area contributed by atoms with Crippen LogP contribution in [-0.4, -0.2) is 54.4 Å². The van der Waals surface area contributed by atoms with Crippen LogP contribution in [0.15, 0.2) is 0 Å². The molecular formula is C13H24N2O4. The van der Waals surface area contributed by atoms with Gasteiger partial charge in [-0.2, -0.15) is 0 Å². The fourth-order valence-electron chi connectivity index (χ4n) is 2.35. The summed E-state index contributed by atoms with van der Waals surface area (Å²) >= 11 is 0. The van der Waals surface area contributed by atoms with E-state index in [1.807, 2.05) is 20.8 Å². The minimum Gasteiger partial charge on any atom is -0.481 e. The number of hydrogen-bond donors (Lipinski definition) is 2. The first-order valence-electron chi connectivity index (χ1n) is 6.83. The van der Waals surface area contributed by atoms with Crippen LogP contribution in [0.25, 0.3) is 0 Å². The van der Waals surface area contributed by atoms with Crippen LogP contribution in [0.5, 0.6) is 0 Å². The van der Waals surface area contributed by atoms with E-state index in [4.69, 9.17) is 4.74 Å². The first-order chi connectivity index (χ1) is 8.95. The Labute approximate surface area is 114 Å². The first-order valence-corrected chi connectivity index (χ1v) is 6.83. The predicted molar refractivity (Wildman–Crippen MR) is 71.0 cm³/mol. The number of urea groups is 1. The van der Waals surface area contributed by atoms with E-state index >= 15 is 0 Å². The minimum atomic E-state index is -0.812. The van der Waals surface area contributed by atoms with Gasteiger partial charge in [-0.05, 0) is 26.7 Å². The molecule has 2 unspecified atom stereocenters. The van der Waals surface area contributed by atoms with Crippen LogP contribution in [0.4, 0.5) is 4.79 Å². The van der Waals surface area contributed by atoms with Crippen LogP contribution in [0, 0.1) is 5.41 Å². The lowest BCUT2D eigenvalue weighted by molar-refractivity contribution is -0.148. The van der Waals surface area contributed by atoms with Gasteiger partial charge < -0.3 is 20.1 Å². The number of hydrogen-bond acceptors (Lipinski definition) is 3. The molecule has 1 fully saturated rings. The van der Waals surface area contributed by atoms with E-state index in [1.54, 1.807) is 4.90 Å². The van der Waals surface area contributed by atoms with Crippen LogP contribution in [0.3, 0.4) is 0 Å². The Hall–Kier alpha value is -1.30. The summed E-state index contributed by atoms with van der Waals surface area (Å²) in [5.41, 5.74) is -0.775. The number of carbonyl (C=O) groups excluding carboxylic acids is 1. The molecule has 0 spiro atoms. The molecule has 1 aliphatic rings. The van der Waals surface area contributed by atoms with Gasteiger partial charge in [-0.1, -0.05) is 6.92 Å². The third-order valence-corrected chi connectivity index (χ3v) is 3.76. The van der Waals surface area contributed by atoms with Crippen molar-refractivity contribution in [2.45, 2.75) is 39.7 Å². The van der Waals surface area contributed by atoms with Crippen molar-refractivity contribution >= 4 is 12.0 Å². The molecule has 2 atom stereocenters. The maximum absolute atomic E-state index is 11.9. The summed E-state index contributed by atoms with van der Waals surface area (Å²) in [5, 5.41) is 12.1. The van der Waals surface area contributed by atoms with Crippen molar-refractivity contribution in [2.75, 3.05) is 26.2 Å². The number of carboxylic acids is 1. The van der Waals surface area contributed by atoms with Gasteiger partial charge in [0.05, 0.1) is 11.5 Å². The Morgan fingerprint density at radius 1 is 1.47 bits per heavy atom. The van der Waals surface area contributed by atoms with Crippen LogP contribution in [0.1, 0.15) is 33.6 Å². The summed E-state index contributed by atoms with van der Waals surface area (Å²) in [7, 11) is 0. The molecule has 0 aromatic heterocycles. The number of carboxylic acid groups (broad SMARTS) is 1. The van der Waals surface area contributed by atoms with Crippen molar-refractivity contribution in [3.8, 4) is 0 Å². The number of likely N-dealkylation sites (tertiary alicyclic amines) is 1. The van der Waals surface area contributed by atoms with Crippen LogP contribution >= 0.6 is 0 Å². The zero-order valence-corrected chi connectivity index (χ0v) is 11.9. The second kappa shape index (κ2) is 6.75. The molecule has 0 saturated carbocycles. The molecule has 6 nitrogen and oxygen atoms in total. The highest BCUT2D eigenvalue weighted by molar-refractivity contribution is 5.79. The molecule has 0 aromatic carbocycles. The van der Waals surface area contributed by atoms with Gasteiger partial charge in [-0.15, -0.1) is 0 Å². The van der Waals surface area contributed by atoms with E-state index in [0.29, 0.717) is 32.5 Å². The van der Waals surface area contributed by atoms with Crippen molar-refractivity contribution in [1.82, 2.24) is 10.2 Å². The molecule has 110 valence electrons. The topological polar surface area (TPSA) is 78.9 Å². The van der Waals surface area contributed by atoms with Gasteiger partial charge in [-0.3, -0.25) is 4.79 Å². The van der Waals surface area contributed by atoms with Gasteiger partial charge in [0.2, 0.25) is 0 Å². The van der Waals surface area contributed by atoms with Gasteiger partial charge in [0.1, 0.15) is 0 Å². The number of aliphatic carboxylic acids is 1. The van der Waals surface area contributed by atoms with E-state index < -0.39 is 11.4 Å². The fraction of sp³-hybridized carbons (Fsp3) is 0.846. The summed E-state index contributed by atoms with van der Waals surface area (Å²) in [6.45, 7) is 7.48. The van der Waals surface area contributed by atoms with Crippen molar-refractivity contribution in [3.63, 3.8) is 0 Å². The summed E-state index contributed by atoms with van der Waals surface area (Å²) < 4.78 is 5.33. The number of nitrogens with zero attached hydrogens (tertiary/aromatic N) is 1. The normalized spacial score (nSPS) is 24.3. The lowest BCUT2D eigenvalue weighted by Crippen LogP contribution is -2.43. The third-order valence-electron chi connectivity index (χ3n) is 3.76. The largest absolute Gasteiger partial charge is 0.481 e. The zero-order valence-electron chi connectivity index (χ0n) is 11.9. The van der Waals surface area contributed by atoms with E-state index in [1.165, 1.54) is 0 Å². The third kappa shape index (κ3) is 3.83. The average molecular weight is 272 g/mol. The van der Waals surface area contributed by atoms with Gasteiger partial charge in [0.15, 0.2) is 0 Å². The Balaban J connectivity index is 2.46. The Bertz CT molecular complexity index is 335. The second-order valence-electron chi connectivity index (χ2n) is 5.06. The predicted octanol–water partition coefficient (Wildman–Crippen LogP) is 1.31. The number of nitrogens with one attached hydrogen (secondary N) is 1. The van der Waals surface area contributed by atoms with E-state index in [2.05, 4.69) is 5.32 Å². The van der Waals surface area contributed by atoms with E-state index in [-0.39, 0.29) is 18.7 Å². The molecule has 0 aromatic rings. The molecule has 1 heterocycles. The van der Waals surface area contributed by atoms with E-state index in [0.717, 1.165) is 0 Å². The van der Waals surface area contributed by atoms with Crippen molar-refractivity contribution in [3.05, 3.63) is 0 Å². The first kappa shape index (κ1) is 15.8. The smallest absolute Gasteiger partial charge is 0.317 e. The molecule has 1 saturated heterocycles. The molecule has 1 rings (SSSR count). The maximum atomic E-state index is 11.9. The second-order valence-corrected chi connectivity index (χ2v) is 5.06. The molecule has 19 heavy (non-hydrogen) atoms. The van der Waals surface area contributed by atoms with Crippen molar-refractivity contribution < 1.29 is 19.4 Å². The van der Waals surface area contributed by atoms with Crippen molar-refractivity contribution in [1.29, 1.82) is 0 Å². The number of carbonyl (C=O) groups is 2. The van der Waals surface area contributed by atoms with Gasteiger partial charge in [0.25, 0.3) is 0 Å². The lowest BCUT2D eigenvalue weighted by atomic mass is 9.84. The minimum absolute atomic E-state index is 0.0352. The average Bonchev–Trinajstić information content (AvgIpc) is 2.82. The molecule has 0 aliphatic carbocycles. The summed E-state index contributed by atoms with van der Waals surface area (Å²) in [6.07, 6.45) is 1.03. The zero-order chi connectivity index (χ0) is 14.5. The highest BCUT2D eigenvalue weighted by Crippen LogP contribution is 2.34. The van der Waals surface area contributed by atoms with Crippen LogP contribution < -0.4 is 5.32 Å². The Morgan fingerprint density at radius 2 is 2.16 bits per heavy atom. The Kier molecular flexibility index (Phi) is 5.60. The molecule has 0 bridgehead atoms. The summed E-state index contributed by atoms with van der Waals surface area (Å²) in [5.74, 6) is -0.812. The molecule has 6 heteroatoms. The number of ether oxygens (including phenoxy) is 1. The highest BCUT2D eigenvalue weighted by atomic mass is 16.5. The van der Waals surface area contributed by atoms with Crippen LogP contribution in [-0.2, 0) is 9.53 Å². The molecule has 0 radical (unpaired) electrons. The number of rotatable bonds is 6. The summed E-state index contributed by atoms with van der Waals surface area (Å²) in [4.78, 5) is 24.8. The maximum Gasteiger partial charge on any atom is 0.317 e. The van der Waals surface area contributed by atoms with Crippen molar-refractivity contribution in [2.24, 2.45) is 5.41 Å². The van der Waals surface area contributed by atoms with E-state index in [9.17, 15) is 14.7 Å². The lowest BCUT2D eigenvalue weighted by Gasteiger charge is -2.23. The van der Waals surface area contributed by atoms with Crippen LogP contribution in [0.2, 0.25) is 0 Å². The quantitative estimate of drug-likeness (QED) is 0.764. The molecular weight excluding hydrogens is 248 g/mol. The molecule has 2 N–H and O–H groups in total. The van der Waals surface area contributed by atoms with Gasteiger partial charge in [0, 0.05) is 26.2 Å². The monoisotopic (exact) mass is 272 g/mol. The molecule has 2 amide bonds. The van der Waals surface area contributed by atoms with Gasteiger partial charge >= 0.3 is 12.0 Å². The SMILES string of the molecule is CCOC(C)CNC(=O)N1CCC(CC)(C(=O)O)C1. The number of amides is 2. The fourth-order valence-corrected chi connectivity index (χ4v) is 2.35. The molecule has 1 aliphatic heterocycles. The summed E-state index contributed by atoms with van der Waals surface area (Å²) in [6, 6.07) is -0.205. The van der Waals surface area contributed by atoms with Gasteiger partial charge in [-0.25, -0.2) is 4.79 Å². The Morgan fingerprint density at radius 3 is 2.63 bits per heavy atom.